The maximum atomic E-state index is 11.5. The van der Waals surface area contributed by atoms with Gasteiger partial charge in [-0.3, -0.25) is 4.79 Å². The van der Waals surface area contributed by atoms with Gasteiger partial charge >= 0.3 is 0 Å². The van der Waals surface area contributed by atoms with Gasteiger partial charge in [0.05, 0.1) is 0 Å². The SMILES string of the molecule is CC(=O)C1(O)CCC(c2ccc(CN(C)C)cc2)CC1.c1ccccc1. The van der Waals surface area contributed by atoms with Gasteiger partial charge in [0.15, 0.2) is 5.78 Å². The van der Waals surface area contributed by atoms with Crippen molar-refractivity contribution in [2.45, 2.75) is 50.7 Å². The first-order valence-electron chi connectivity index (χ1n) is 9.38. The average Bonchev–Trinajstić information content (AvgIpc) is 2.64. The summed E-state index contributed by atoms with van der Waals surface area (Å²) in [5, 5.41) is 10.2. The molecule has 0 saturated heterocycles. The Morgan fingerprint density at radius 3 is 1.85 bits per heavy atom. The molecule has 3 rings (SSSR count). The normalized spacial score (nSPS) is 22.4. The van der Waals surface area contributed by atoms with E-state index in [1.54, 1.807) is 0 Å². The van der Waals surface area contributed by atoms with Gasteiger partial charge in [0.2, 0.25) is 0 Å². The minimum Gasteiger partial charge on any atom is -0.382 e. The van der Waals surface area contributed by atoms with Gasteiger partial charge in [0.25, 0.3) is 0 Å². The Morgan fingerprint density at radius 2 is 1.46 bits per heavy atom. The van der Waals surface area contributed by atoms with Crippen molar-refractivity contribution in [2.75, 3.05) is 14.1 Å². The average molecular weight is 354 g/mol. The molecule has 0 amide bonds. The molecule has 3 heteroatoms. The van der Waals surface area contributed by atoms with Crippen LogP contribution in [0.15, 0.2) is 60.7 Å². The largest absolute Gasteiger partial charge is 0.382 e. The van der Waals surface area contributed by atoms with E-state index in [1.807, 2.05) is 36.4 Å². The predicted octanol–water partition coefficient (Wildman–Crippen LogP) is 4.41. The fraction of sp³-hybridized carbons (Fsp3) is 0.435. The van der Waals surface area contributed by atoms with Crippen molar-refractivity contribution in [2.24, 2.45) is 0 Å². The number of aliphatic hydroxyl groups is 1. The van der Waals surface area contributed by atoms with E-state index in [9.17, 15) is 9.90 Å². The lowest BCUT2D eigenvalue weighted by Gasteiger charge is -2.34. The predicted molar refractivity (Wildman–Crippen MR) is 107 cm³/mol. The Balaban J connectivity index is 0.000000342. The molecule has 0 aliphatic heterocycles. The summed E-state index contributed by atoms with van der Waals surface area (Å²) in [6.07, 6.45) is 2.96. The molecule has 0 unspecified atom stereocenters. The van der Waals surface area contributed by atoms with Gasteiger partial charge < -0.3 is 10.0 Å². The molecule has 1 saturated carbocycles. The second kappa shape index (κ2) is 9.65. The van der Waals surface area contributed by atoms with Crippen LogP contribution in [0.1, 0.15) is 49.7 Å². The molecule has 0 bridgehead atoms. The monoisotopic (exact) mass is 353 g/mol. The highest BCUT2D eigenvalue weighted by Gasteiger charge is 2.37. The van der Waals surface area contributed by atoms with Gasteiger partial charge in [-0.2, -0.15) is 0 Å². The molecule has 0 aromatic heterocycles. The van der Waals surface area contributed by atoms with Gasteiger partial charge in [-0.1, -0.05) is 60.7 Å². The van der Waals surface area contributed by atoms with Crippen molar-refractivity contribution < 1.29 is 9.90 Å². The summed E-state index contributed by atoms with van der Waals surface area (Å²) in [5.41, 5.74) is 1.58. The zero-order valence-corrected chi connectivity index (χ0v) is 16.2. The molecule has 0 spiro atoms. The van der Waals surface area contributed by atoms with E-state index in [-0.39, 0.29) is 5.78 Å². The number of carbonyl (C=O) groups excluding carboxylic acids is 1. The Morgan fingerprint density at radius 1 is 1.00 bits per heavy atom. The Labute approximate surface area is 157 Å². The van der Waals surface area contributed by atoms with E-state index in [4.69, 9.17) is 0 Å². The molecule has 26 heavy (non-hydrogen) atoms. The third-order valence-corrected chi connectivity index (χ3v) is 5.08. The quantitative estimate of drug-likeness (QED) is 0.885. The van der Waals surface area contributed by atoms with E-state index >= 15 is 0 Å². The number of Topliss-reactive ketones (excluding diaryl/α,β-unsaturated/α-hetero) is 1. The smallest absolute Gasteiger partial charge is 0.161 e. The molecule has 3 nitrogen and oxygen atoms in total. The third-order valence-electron chi connectivity index (χ3n) is 5.08. The minimum atomic E-state index is -1.07. The molecule has 1 aliphatic rings. The maximum Gasteiger partial charge on any atom is 0.161 e. The van der Waals surface area contributed by atoms with E-state index < -0.39 is 5.60 Å². The molecular weight excluding hydrogens is 322 g/mol. The number of nitrogens with zero attached hydrogens (tertiary/aromatic N) is 1. The number of hydrogen-bond acceptors (Lipinski definition) is 3. The van der Waals surface area contributed by atoms with Crippen LogP contribution in [-0.4, -0.2) is 35.5 Å². The van der Waals surface area contributed by atoms with Crippen LogP contribution in [-0.2, 0) is 11.3 Å². The first kappa shape index (κ1) is 20.3. The van der Waals surface area contributed by atoms with E-state index in [2.05, 4.69) is 43.3 Å². The van der Waals surface area contributed by atoms with E-state index in [0.29, 0.717) is 18.8 Å². The maximum absolute atomic E-state index is 11.5. The standard InChI is InChI=1S/C17H25NO2.C6H6/c1-13(19)17(20)10-8-16(9-11-17)15-6-4-14(5-7-15)12-18(2)3;1-2-4-6-5-3-1/h4-7,16,20H,8-12H2,1-3H3;1-6H. The molecule has 2 aromatic carbocycles. The van der Waals surface area contributed by atoms with Gasteiger partial charge in [-0.15, -0.1) is 0 Å². The lowest BCUT2D eigenvalue weighted by atomic mass is 9.74. The van der Waals surface area contributed by atoms with Crippen molar-refractivity contribution in [3.8, 4) is 0 Å². The lowest BCUT2D eigenvalue weighted by Crippen LogP contribution is -2.40. The molecule has 1 aliphatic carbocycles. The van der Waals surface area contributed by atoms with Crippen molar-refractivity contribution >= 4 is 5.78 Å². The van der Waals surface area contributed by atoms with Crippen molar-refractivity contribution in [3.05, 3.63) is 71.8 Å². The van der Waals surface area contributed by atoms with Gasteiger partial charge in [0, 0.05) is 6.54 Å². The number of ketones is 1. The summed E-state index contributed by atoms with van der Waals surface area (Å²) in [5.74, 6) is 0.389. The molecule has 2 aromatic rings. The summed E-state index contributed by atoms with van der Waals surface area (Å²) in [6.45, 7) is 2.45. The first-order valence-corrected chi connectivity index (χ1v) is 9.38. The zero-order chi connectivity index (χ0) is 19.0. The van der Waals surface area contributed by atoms with Crippen LogP contribution in [0.2, 0.25) is 0 Å². The highest BCUT2D eigenvalue weighted by atomic mass is 16.3. The van der Waals surface area contributed by atoms with Crippen LogP contribution in [0.4, 0.5) is 0 Å². The van der Waals surface area contributed by atoms with Crippen LogP contribution in [0.5, 0.6) is 0 Å². The van der Waals surface area contributed by atoms with Crippen LogP contribution >= 0.6 is 0 Å². The zero-order valence-electron chi connectivity index (χ0n) is 16.2. The topological polar surface area (TPSA) is 40.5 Å². The van der Waals surface area contributed by atoms with Crippen LogP contribution in [0, 0.1) is 0 Å². The number of benzene rings is 2. The van der Waals surface area contributed by atoms with Gasteiger partial charge in [0.1, 0.15) is 5.60 Å². The Hall–Kier alpha value is -1.97. The molecule has 1 fully saturated rings. The summed E-state index contributed by atoms with van der Waals surface area (Å²) in [4.78, 5) is 13.6. The second-order valence-corrected chi connectivity index (χ2v) is 7.50. The van der Waals surface area contributed by atoms with Crippen molar-refractivity contribution in [1.29, 1.82) is 0 Å². The summed E-state index contributed by atoms with van der Waals surface area (Å²) in [7, 11) is 4.13. The third kappa shape index (κ3) is 6.08. The van der Waals surface area contributed by atoms with Crippen LogP contribution < -0.4 is 0 Å². The van der Waals surface area contributed by atoms with E-state index in [1.165, 1.54) is 18.1 Å². The highest BCUT2D eigenvalue weighted by molar-refractivity contribution is 5.84. The van der Waals surface area contributed by atoms with Crippen LogP contribution in [0.3, 0.4) is 0 Å². The van der Waals surface area contributed by atoms with Gasteiger partial charge in [-0.05, 0) is 63.7 Å². The molecule has 0 heterocycles. The van der Waals surface area contributed by atoms with Gasteiger partial charge in [-0.25, -0.2) is 0 Å². The Bertz CT molecular complexity index is 630. The number of carbonyl (C=O) groups is 1. The fourth-order valence-corrected chi connectivity index (χ4v) is 3.43. The van der Waals surface area contributed by atoms with Crippen molar-refractivity contribution in [3.63, 3.8) is 0 Å². The Kier molecular flexibility index (Phi) is 7.55. The van der Waals surface area contributed by atoms with Crippen LogP contribution in [0.25, 0.3) is 0 Å². The van der Waals surface area contributed by atoms with Crippen molar-refractivity contribution in [1.82, 2.24) is 4.90 Å². The first-order chi connectivity index (χ1) is 12.4. The molecule has 140 valence electrons. The van der Waals surface area contributed by atoms with E-state index in [0.717, 1.165) is 19.4 Å². The number of hydrogen-bond donors (Lipinski definition) is 1. The summed E-state index contributed by atoms with van der Waals surface area (Å²) < 4.78 is 0. The second-order valence-electron chi connectivity index (χ2n) is 7.50. The number of rotatable bonds is 4. The summed E-state index contributed by atoms with van der Waals surface area (Å²) >= 11 is 0. The molecule has 1 N–H and O–H groups in total. The fourth-order valence-electron chi connectivity index (χ4n) is 3.43. The molecule has 0 radical (unpaired) electrons. The molecule has 0 atom stereocenters. The lowest BCUT2D eigenvalue weighted by molar-refractivity contribution is -0.138. The summed E-state index contributed by atoms with van der Waals surface area (Å²) in [6, 6.07) is 20.8. The highest BCUT2D eigenvalue weighted by Crippen LogP contribution is 2.38. The molecular formula is C23H31NO2. The minimum absolute atomic E-state index is 0.0859.